The molecular weight excluding hydrogens is 262 g/mol. The summed E-state index contributed by atoms with van der Waals surface area (Å²) in [6.45, 7) is 6.60. The number of hydrogen-bond donors (Lipinski definition) is 1. The highest BCUT2D eigenvalue weighted by molar-refractivity contribution is 6.31. The fourth-order valence-electron chi connectivity index (χ4n) is 1.67. The topological polar surface area (TPSA) is 55.6 Å². The second-order valence-electron chi connectivity index (χ2n) is 4.85. The van der Waals surface area contributed by atoms with Gasteiger partial charge in [-0.15, -0.1) is 0 Å². The second-order valence-corrected chi connectivity index (χ2v) is 5.26. The Labute approximate surface area is 118 Å². The van der Waals surface area contributed by atoms with Crippen molar-refractivity contribution in [2.24, 2.45) is 5.92 Å². The number of nitrogens with zero attached hydrogens (tertiary/aromatic N) is 4. The molecule has 0 saturated heterocycles. The molecule has 0 aliphatic carbocycles. The van der Waals surface area contributed by atoms with Crippen LogP contribution in [0.4, 0.5) is 0 Å². The number of hydrogen-bond acceptors (Lipinski definition) is 4. The second kappa shape index (κ2) is 6.63. The van der Waals surface area contributed by atoms with Crippen molar-refractivity contribution in [1.29, 1.82) is 0 Å². The third-order valence-corrected chi connectivity index (χ3v) is 2.95. The van der Waals surface area contributed by atoms with Crippen molar-refractivity contribution in [2.75, 3.05) is 6.54 Å². The lowest BCUT2D eigenvalue weighted by atomic mass is 10.2. The first-order chi connectivity index (χ1) is 9.15. The van der Waals surface area contributed by atoms with E-state index in [-0.39, 0.29) is 0 Å². The Morgan fingerprint density at radius 3 is 3.00 bits per heavy atom. The quantitative estimate of drug-likeness (QED) is 0.880. The molecule has 19 heavy (non-hydrogen) atoms. The third kappa shape index (κ3) is 4.29. The molecule has 2 rings (SSSR count). The van der Waals surface area contributed by atoms with Gasteiger partial charge in [-0.1, -0.05) is 25.4 Å². The number of pyridine rings is 1. The van der Waals surface area contributed by atoms with Crippen LogP contribution in [0.1, 0.15) is 25.2 Å². The Morgan fingerprint density at radius 2 is 2.26 bits per heavy atom. The molecule has 0 fully saturated rings. The molecule has 0 saturated carbocycles. The molecule has 5 nitrogen and oxygen atoms in total. The van der Waals surface area contributed by atoms with Crippen LogP contribution in [-0.2, 0) is 13.1 Å². The third-order valence-electron chi connectivity index (χ3n) is 2.61. The standard InChI is InChI=1S/C13H18ClN5/c1-10(2)5-16-7-13-17-9-19(18-13)8-11-3-4-15-6-12(11)14/h3-4,6,9-10,16H,5,7-8H2,1-2H3. The highest BCUT2D eigenvalue weighted by Crippen LogP contribution is 2.14. The molecule has 0 spiro atoms. The molecule has 2 aromatic rings. The van der Waals surface area contributed by atoms with Crippen LogP contribution in [0, 0.1) is 5.92 Å². The molecular formula is C13H18ClN5. The lowest BCUT2D eigenvalue weighted by Gasteiger charge is -2.04. The van der Waals surface area contributed by atoms with E-state index >= 15 is 0 Å². The molecule has 0 aliphatic heterocycles. The molecule has 0 bridgehead atoms. The predicted octanol–water partition coefficient (Wildman–Crippen LogP) is 2.12. The summed E-state index contributed by atoms with van der Waals surface area (Å²) in [5.41, 5.74) is 0.989. The summed E-state index contributed by atoms with van der Waals surface area (Å²) in [6.07, 6.45) is 5.09. The van der Waals surface area contributed by atoms with Crippen molar-refractivity contribution < 1.29 is 0 Å². The van der Waals surface area contributed by atoms with Crippen molar-refractivity contribution in [3.05, 3.63) is 41.2 Å². The summed E-state index contributed by atoms with van der Waals surface area (Å²) in [7, 11) is 0. The fraction of sp³-hybridized carbons (Fsp3) is 0.462. The van der Waals surface area contributed by atoms with Gasteiger partial charge in [-0.05, 0) is 24.1 Å². The molecule has 2 heterocycles. The summed E-state index contributed by atoms with van der Waals surface area (Å²) in [4.78, 5) is 8.23. The van der Waals surface area contributed by atoms with Crippen LogP contribution < -0.4 is 5.32 Å². The SMILES string of the molecule is CC(C)CNCc1ncn(Cc2ccncc2Cl)n1. The van der Waals surface area contributed by atoms with Gasteiger partial charge in [0.05, 0.1) is 18.1 Å². The maximum atomic E-state index is 6.06. The summed E-state index contributed by atoms with van der Waals surface area (Å²) in [6, 6.07) is 1.89. The van der Waals surface area contributed by atoms with Crippen molar-refractivity contribution in [3.63, 3.8) is 0 Å². The fourth-order valence-corrected chi connectivity index (χ4v) is 1.85. The average molecular weight is 280 g/mol. The molecule has 102 valence electrons. The maximum absolute atomic E-state index is 6.06. The monoisotopic (exact) mass is 279 g/mol. The van der Waals surface area contributed by atoms with Gasteiger partial charge < -0.3 is 5.32 Å². The first-order valence-corrected chi connectivity index (χ1v) is 6.70. The first-order valence-electron chi connectivity index (χ1n) is 6.32. The number of rotatable bonds is 6. The van der Waals surface area contributed by atoms with Crippen molar-refractivity contribution in [2.45, 2.75) is 26.9 Å². The largest absolute Gasteiger partial charge is 0.310 e. The lowest BCUT2D eigenvalue weighted by Crippen LogP contribution is -2.19. The highest BCUT2D eigenvalue weighted by atomic mass is 35.5. The Hall–Kier alpha value is -1.46. The molecule has 0 atom stereocenters. The van der Waals surface area contributed by atoms with Crippen LogP contribution in [0.5, 0.6) is 0 Å². The van der Waals surface area contributed by atoms with E-state index in [9.17, 15) is 0 Å². The minimum Gasteiger partial charge on any atom is -0.310 e. The van der Waals surface area contributed by atoms with Crippen LogP contribution in [0.25, 0.3) is 0 Å². The number of halogens is 1. The van der Waals surface area contributed by atoms with Gasteiger partial charge in [-0.2, -0.15) is 5.10 Å². The Bertz CT molecular complexity index is 523. The summed E-state index contributed by atoms with van der Waals surface area (Å²) < 4.78 is 1.79. The average Bonchev–Trinajstić information content (AvgIpc) is 2.79. The van der Waals surface area contributed by atoms with Gasteiger partial charge in [0.25, 0.3) is 0 Å². The summed E-state index contributed by atoms with van der Waals surface area (Å²) in [5, 5.41) is 8.37. The summed E-state index contributed by atoms with van der Waals surface area (Å²) >= 11 is 6.06. The molecule has 6 heteroatoms. The van der Waals surface area contributed by atoms with Gasteiger partial charge in [-0.25, -0.2) is 9.67 Å². The van der Waals surface area contributed by atoms with Gasteiger partial charge in [0.1, 0.15) is 6.33 Å². The molecule has 0 aromatic carbocycles. The zero-order valence-corrected chi connectivity index (χ0v) is 11.9. The van der Waals surface area contributed by atoms with Crippen LogP contribution in [0.15, 0.2) is 24.8 Å². The molecule has 0 radical (unpaired) electrons. The number of nitrogens with one attached hydrogen (secondary N) is 1. The van der Waals surface area contributed by atoms with Crippen LogP contribution in [0.2, 0.25) is 5.02 Å². The molecule has 2 aromatic heterocycles. The van der Waals surface area contributed by atoms with E-state index < -0.39 is 0 Å². The van der Waals surface area contributed by atoms with E-state index in [1.165, 1.54) is 0 Å². The summed E-state index contributed by atoms with van der Waals surface area (Å²) in [5.74, 6) is 1.42. The van der Waals surface area contributed by atoms with Gasteiger partial charge in [-0.3, -0.25) is 4.98 Å². The van der Waals surface area contributed by atoms with Gasteiger partial charge in [0, 0.05) is 12.4 Å². The zero-order valence-electron chi connectivity index (χ0n) is 11.2. The van der Waals surface area contributed by atoms with Gasteiger partial charge in [0.15, 0.2) is 5.82 Å². The lowest BCUT2D eigenvalue weighted by molar-refractivity contribution is 0.539. The molecule has 0 amide bonds. The van der Waals surface area contributed by atoms with E-state index in [0.717, 1.165) is 17.9 Å². The minimum absolute atomic E-state index is 0.610. The number of aromatic nitrogens is 4. The molecule has 1 N–H and O–H groups in total. The van der Waals surface area contributed by atoms with E-state index in [2.05, 4.69) is 34.2 Å². The minimum atomic E-state index is 0.610. The van der Waals surface area contributed by atoms with E-state index in [1.807, 2.05) is 6.07 Å². The maximum Gasteiger partial charge on any atom is 0.164 e. The molecule has 0 aliphatic rings. The van der Waals surface area contributed by atoms with Crippen molar-refractivity contribution in [1.82, 2.24) is 25.1 Å². The highest BCUT2D eigenvalue weighted by Gasteiger charge is 2.04. The Kier molecular flexibility index (Phi) is 4.87. The normalized spacial score (nSPS) is 11.2. The Balaban J connectivity index is 1.92. The van der Waals surface area contributed by atoms with Crippen molar-refractivity contribution in [3.8, 4) is 0 Å². The Morgan fingerprint density at radius 1 is 1.42 bits per heavy atom. The van der Waals surface area contributed by atoms with Crippen LogP contribution >= 0.6 is 11.6 Å². The smallest absolute Gasteiger partial charge is 0.164 e. The van der Waals surface area contributed by atoms with Crippen LogP contribution in [0.3, 0.4) is 0 Å². The predicted molar refractivity (Wildman–Crippen MR) is 74.9 cm³/mol. The zero-order chi connectivity index (χ0) is 13.7. The van der Waals surface area contributed by atoms with Crippen molar-refractivity contribution >= 4 is 11.6 Å². The van der Waals surface area contributed by atoms with E-state index in [4.69, 9.17) is 11.6 Å². The van der Waals surface area contributed by atoms with E-state index in [0.29, 0.717) is 24.0 Å². The van der Waals surface area contributed by atoms with E-state index in [1.54, 1.807) is 23.4 Å². The molecule has 0 unspecified atom stereocenters. The van der Waals surface area contributed by atoms with Crippen LogP contribution in [-0.4, -0.2) is 26.3 Å². The van der Waals surface area contributed by atoms with Gasteiger partial charge in [0.2, 0.25) is 0 Å². The van der Waals surface area contributed by atoms with Gasteiger partial charge >= 0.3 is 0 Å². The first kappa shape index (κ1) is 14.0.